The summed E-state index contributed by atoms with van der Waals surface area (Å²) < 4.78 is 33.8. The standard InChI is InChI=1S/C14H15F2NO3/c1-3-9-5-10(7-13(18)19-4-2)11(8-17)6-12(9)20-14(15)16/h5-6,14H,3-4,7H2,1-2H3. The van der Waals surface area contributed by atoms with Crippen molar-refractivity contribution in [1.82, 2.24) is 0 Å². The SMILES string of the molecule is CCOC(=O)Cc1cc(CC)c(OC(F)F)cc1C#N. The average Bonchev–Trinajstić information content (AvgIpc) is 2.39. The van der Waals surface area contributed by atoms with Crippen LogP contribution in [0.3, 0.4) is 0 Å². The first-order valence-electron chi connectivity index (χ1n) is 6.18. The Hall–Kier alpha value is -2.16. The van der Waals surface area contributed by atoms with Gasteiger partial charge in [-0.15, -0.1) is 0 Å². The maximum Gasteiger partial charge on any atom is 0.387 e. The van der Waals surface area contributed by atoms with Crippen molar-refractivity contribution in [3.8, 4) is 11.8 Å². The zero-order valence-corrected chi connectivity index (χ0v) is 11.3. The van der Waals surface area contributed by atoms with Crippen LogP contribution in [0.4, 0.5) is 8.78 Å². The summed E-state index contributed by atoms with van der Waals surface area (Å²) in [6.45, 7) is 0.741. The summed E-state index contributed by atoms with van der Waals surface area (Å²) >= 11 is 0. The lowest BCUT2D eigenvalue weighted by Gasteiger charge is -2.13. The van der Waals surface area contributed by atoms with E-state index in [2.05, 4.69) is 4.74 Å². The summed E-state index contributed by atoms with van der Waals surface area (Å²) in [5, 5.41) is 9.04. The van der Waals surface area contributed by atoms with E-state index in [1.165, 1.54) is 12.1 Å². The van der Waals surface area contributed by atoms with Crippen LogP contribution in [0.15, 0.2) is 12.1 Å². The van der Waals surface area contributed by atoms with E-state index in [1.54, 1.807) is 13.8 Å². The van der Waals surface area contributed by atoms with Gasteiger partial charge in [0.05, 0.1) is 24.7 Å². The van der Waals surface area contributed by atoms with E-state index < -0.39 is 12.6 Å². The van der Waals surface area contributed by atoms with Gasteiger partial charge in [-0.05, 0) is 30.5 Å². The molecule has 0 saturated heterocycles. The summed E-state index contributed by atoms with van der Waals surface area (Å²) in [7, 11) is 0. The van der Waals surface area contributed by atoms with Crippen molar-refractivity contribution in [2.24, 2.45) is 0 Å². The smallest absolute Gasteiger partial charge is 0.387 e. The molecule has 1 aromatic carbocycles. The summed E-state index contributed by atoms with van der Waals surface area (Å²) in [6.07, 6.45) is 0.377. The molecule has 20 heavy (non-hydrogen) atoms. The van der Waals surface area contributed by atoms with E-state index in [9.17, 15) is 13.6 Å². The fourth-order valence-electron chi connectivity index (χ4n) is 1.78. The lowest BCUT2D eigenvalue weighted by Crippen LogP contribution is -2.10. The Kier molecular flexibility index (Phi) is 5.91. The van der Waals surface area contributed by atoms with Crippen molar-refractivity contribution in [3.05, 3.63) is 28.8 Å². The maximum absolute atomic E-state index is 12.3. The number of aryl methyl sites for hydroxylation is 1. The molecular formula is C14H15F2NO3. The van der Waals surface area contributed by atoms with Crippen LogP contribution in [0.1, 0.15) is 30.5 Å². The molecule has 0 atom stereocenters. The topological polar surface area (TPSA) is 59.3 Å². The minimum atomic E-state index is -2.96. The maximum atomic E-state index is 12.3. The molecule has 0 aliphatic rings. The van der Waals surface area contributed by atoms with Gasteiger partial charge in [0.2, 0.25) is 0 Å². The molecule has 0 aromatic heterocycles. The van der Waals surface area contributed by atoms with Gasteiger partial charge in [0.1, 0.15) is 5.75 Å². The third kappa shape index (κ3) is 4.19. The highest BCUT2D eigenvalue weighted by atomic mass is 19.3. The number of esters is 1. The molecule has 4 nitrogen and oxygen atoms in total. The Balaban J connectivity index is 3.12. The lowest BCUT2D eigenvalue weighted by atomic mass is 10.00. The minimum absolute atomic E-state index is 0.0355. The number of nitrogens with zero attached hydrogens (tertiary/aromatic N) is 1. The third-order valence-corrected chi connectivity index (χ3v) is 2.64. The number of carbonyl (C=O) groups is 1. The second kappa shape index (κ2) is 7.43. The van der Waals surface area contributed by atoms with E-state index in [1.807, 2.05) is 6.07 Å². The Morgan fingerprint density at radius 1 is 1.35 bits per heavy atom. The quantitative estimate of drug-likeness (QED) is 0.753. The largest absolute Gasteiger partial charge is 0.466 e. The van der Waals surface area contributed by atoms with Crippen LogP contribution in [-0.2, 0) is 22.4 Å². The van der Waals surface area contributed by atoms with Crippen molar-refractivity contribution in [3.63, 3.8) is 0 Å². The number of hydrogen-bond acceptors (Lipinski definition) is 4. The Bertz CT molecular complexity index is 524. The fourth-order valence-corrected chi connectivity index (χ4v) is 1.78. The molecule has 0 bridgehead atoms. The predicted octanol–water partition coefficient (Wildman–Crippen LogP) is 2.83. The minimum Gasteiger partial charge on any atom is -0.466 e. The summed E-state index contributed by atoms with van der Waals surface area (Å²) in [6, 6.07) is 4.65. The Morgan fingerprint density at radius 2 is 2.05 bits per heavy atom. The molecule has 0 aliphatic heterocycles. The zero-order chi connectivity index (χ0) is 15.1. The van der Waals surface area contributed by atoms with Crippen LogP contribution in [0.2, 0.25) is 0 Å². The van der Waals surface area contributed by atoms with Gasteiger partial charge in [-0.2, -0.15) is 14.0 Å². The van der Waals surface area contributed by atoms with Crippen molar-refractivity contribution < 1.29 is 23.0 Å². The molecule has 0 heterocycles. The van der Waals surface area contributed by atoms with Gasteiger partial charge in [-0.1, -0.05) is 13.0 Å². The zero-order valence-electron chi connectivity index (χ0n) is 11.3. The van der Waals surface area contributed by atoms with Gasteiger partial charge >= 0.3 is 12.6 Å². The van der Waals surface area contributed by atoms with Crippen LogP contribution in [0, 0.1) is 11.3 Å². The average molecular weight is 283 g/mol. The molecule has 0 N–H and O–H groups in total. The van der Waals surface area contributed by atoms with Gasteiger partial charge in [0.25, 0.3) is 0 Å². The Labute approximate surface area is 115 Å². The Morgan fingerprint density at radius 3 is 2.55 bits per heavy atom. The lowest BCUT2D eigenvalue weighted by molar-refractivity contribution is -0.142. The van der Waals surface area contributed by atoms with E-state index in [0.29, 0.717) is 17.5 Å². The number of nitriles is 1. The number of ether oxygens (including phenoxy) is 2. The second-order valence-electron chi connectivity index (χ2n) is 3.94. The van der Waals surface area contributed by atoms with Crippen molar-refractivity contribution in [2.45, 2.75) is 33.3 Å². The van der Waals surface area contributed by atoms with Gasteiger partial charge < -0.3 is 9.47 Å². The molecule has 108 valence electrons. The molecule has 0 radical (unpaired) electrons. The summed E-state index contributed by atoms with van der Waals surface area (Å²) in [5.41, 5.74) is 1.10. The molecule has 0 unspecified atom stereocenters. The highest BCUT2D eigenvalue weighted by molar-refractivity contribution is 5.74. The van der Waals surface area contributed by atoms with Crippen molar-refractivity contribution >= 4 is 5.97 Å². The number of alkyl halides is 2. The number of rotatable bonds is 6. The van der Waals surface area contributed by atoms with E-state index in [4.69, 9.17) is 10.00 Å². The van der Waals surface area contributed by atoms with Crippen molar-refractivity contribution in [1.29, 1.82) is 5.26 Å². The van der Waals surface area contributed by atoms with Crippen LogP contribution in [0.25, 0.3) is 0 Å². The molecule has 0 fully saturated rings. The molecule has 6 heteroatoms. The first-order valence-corrected chi connectivity index (χ1v) is 6.18. The highest BCUT2D eigenvalue weighted by Crippen LogP contribution is 2.26. The van der Waals surface area contributed by atoms with Gasteiger partial charge in [-0.3, -0.25) is 4.79 Å². The van der Waals surface area contributed by atoms with Crippen molar-refractivity contribution in [2.75, 3.05) is 6.61 Å². The number of benzene rings is 1. The summed E-state index contributed by atoms with van der Waals surface area (Å²) in [4.78, 5) is 11.5. The number of halogens is 2. The normalized spacial score (nSPS) is 10.2. The monoisotopic (exact) mass is 283 g/mol. The molecule has 0 saturated carbocycles. The van der Waals surface area contributed by atoms with Crippen LogP contribution >= 0.6 is 0 Å². The van der Waals surface area contributed by atoms with Crippen LogP contribution in [-0.4, -0.2) is 19.2 Å². The summed E-state index contributed by atoms with van der Waals surface area (Å²) in [5.74, 6) is -0.500. The predicted molar refractivity (Wildman–Crippen MR) is 67.5 cm³/mol. The van der Waals surface area contributed by atoms with Gasteiger partial charge in [0, 0.05) is 0 Å². The van der Waals surface area contributed by atoms with Gasteiger partial charge in [-0.25, -0.2) is 0 Å². The second-order valence-corrected chi connectivity index (χ2v) is 3.94. The van der Waals surface area contributed by atoms with Crippen LogP contribution in [0.5, 0.6) is 5.75 Å². The van der Waals surface area contributed by atoms with E-state index >= 15 is 0 Å². The van der Waals surface area contributed by atoms with E-state index in [-0.39, 0.29) is 24.3 Å². The number of carbonyl (C=O) groups excluding carboxylic acids is 1. The van der Waals surface area contributed by atoms with Crippen LogP contribution < -0.4 is 4.74 Å². The first-order chi connectivity index (χ1) is 9.51. The molecule has 1 rings (SSSR count). The third-order valence-electron chi connectivity index (χ3n) is 2.64. The molecule has 0 spiro atoms. The van der Waals surface area contributed by atoms with Gasteiger partial charge in [0.15, 0.2) is 0 Å². The molecule has 1 aromatic rings. The number of hydrogen-bond donors (Lipinski definition) is 0. The highest BCUT2D eigenvalue weighted by Gasteiger charge is 2.15. The molecule has 0 aliphatic carbocycles. The van der Waals surface area contributed by atoms with E-state index in [0.717, 1.165) is 0 Å². The fraction of sp³-hybridized carbons (Fsp3) is 0.429. The molecule has 0 amide bonds. The molecular weight excluding hydrogens is 268 g/mol. The first kappa shape index (κ1) is 15.9.